The van der Waals surface area contributed by atoms with Crippen molar-refractivity contribution in [2.24, 2.45) is 11.8 Å². The van der Waals surface area contributed by atoms with Crippen molar-refractivity contribution in [3.05, 3.63) is 35.9 Å². The van der Waals surface area contributed by atoms with E-state index in [9.17, 15) is 34.5 Å². The van der Waals surface area contributed by atoms with Gasteiger partial charge in [0.1, 0.15) is 30.5 Å². The number of fused-ring (bicyclic) bond motifs is 5. The lowest BCUT2D eigenvalue weighted by molar-refractivity contribution is -0.224. The zero-order valence-electron chi connectivity index (χ0n) is 26.5. The van der Waals surface area contributed by atoms with Gasteiger partial charge in [0.15, 0.2) is 6.10 Å². The largest absolute Gasteiger partial charge is 0.388 e. The molecular weight excluding hydrogens is 610 g/mol. The Bertz CT molecular complexity index is 1280. The van der Waals surface area contributed by atoms with Gasteiger partial charge in [0, 0.05) is 70.9 Å². The summed E-state index contributed by atoms with van der Waals surface area (Å²) in [6.45, 7) is 2.17. The Kier molecular flexibility index (Phi) is 10.7. The predicted molar refractivity (Wildman–Crippen MR) is 166 cm³/mol. The highest BCUT2D eigenvalue weighted by Crippen LogP contribution is 2.33. The average molecular weight is 658 g/mol. The van der Waals surface area contributed by atoms with Crippen molar-refractivity contribution in [2.45, 2.75) is 93.7 Å². The van der Waals surface area contributed by atoms with Crippen LogP contribution in [-0.2, 0) is 35.2 Å². The van der Waals surface area contributed by atoms with Gasteiger partial charge in [0.05, 0.1) is 0 Å². The van der Waals surface area contributed by atoms with Crippen molar-refractivity contribution in [1.82, 2.24) is 25.8 Å². The molecule has 0 aliphatic carbocycles. The van der Waals surface area contributed by atoms with Gasteiger partial charge >= 0.3 is 0 Å². The number of ether oxygens (including phenoxy) is 2. The summed E-state index contributed by atoms with van der Waals surface area (Å²) < 4.78 is 11.4. The molecule has 0 unspecified atom stereocenters. The zero-order valence-corrected chi connectivity index (χ0v) is 26.5. The smallest absolute Gasteiger partial charge is 0.254 e. The molecule has 0 saturated carbocycles. The number of hydrogen-bond acceptors (Lipinski definition) is 10. The molecule has 258 valence electrons. The molecule has 14 nitrogen and oxygen atoms in total. The third-order valence-electron chi connectivity index (χ3n) is 10.5. The summed E-state index contributed by atoms with van der Waals surface area (Å²) in [5, 5.41) is 41.5. The number of amides is 4. The first kappa shape index (κ1) is 33.7. The molecule has 0 spiro atoms. The molecule has 5 fully saturated rings. The van der Waals surface area contributed by atoms with Crippen molar-refractivity contribution in [3.63, 3.8) is 0 Å². The van der Waals surface area contributed by atoms with E-state index in [1.807, 2.05) is 30.3 Å². The van der Waals surface area contributed by atoms with Gasteiger partial charge in [0.2, 0.25) is 17.7 Å². The van der Waals surface area contributed by atoms with Crippen LogP contribution in [0.1, 0.15) is 44.1 Å². The second-order valence-electron chi connectivity index (χ2n) is 13.6. The Balaban J connectivity index is 1.24. The molecule has 5 heterocycles. The standard InChI is InChI=1S/C33H47N5O9/c39-25(34-16-19-4-2-1-3-5-19)14-20-6-10-37-18-21(20)15-26(40)38-11-7-23(36-22-8-12-46-13-9-22)27(38)32(44)35-17-24-28(41)29(42)30(43)31(47-24)33(37)45/h1-5,20-24,27-31,36,41-43H,6-18H2,(H,34,39)(H,35,44)/t20-,21-,23+,24-,27-,28-,29+,30+,31-/m0/s1. The molecule has 4 amide bonds. The molecule has 5 saturated heterocycles. The Labute approximate surface area is 274 Å². The number of piperidine rings is 1. The predicted octanol–water partition coefficient (Wildman–Crippen LogP) is -1.73. The van der Waals surface area contributed by atoms with E-state index in [0.29, 0.717) is 39.1 Å². The molecular formula is C33H47N5O9. The number of benzene rings is 1. The molecule has 0 radical (unpaired) electrons. The molecule has 1 aromatic carbocycles. The van der Waals surface area contributed by atoms with E-state index in [0.717, 1.165) is 18.4 Å². The van der Waals surface area contributed by atoms with Gasteiger partial charge < -0.3 is 50.5 Å². The molecule has 1 aromatic rings. The summed E-state index contributed by atoms with van der Waals surface area (Å²) in [4.78, 5) is 57.8. The van der Waals surface area contributed by atoms with Crippen LogP contribution in [0.2, 0.25) is 0 Å². The molecule has 14 heteroatoms. The van der Waals surface area contributed by atoms with E-state index in [2.05, 4.69) is 16.0 Å². The Morgan fingerprint density at radius 3 is 2.49 bits per heavy atom. The highest BCUT2D eigenvalue weighted by atomic mass is 16.5. The fourth-order valence-electron chi connectivity index (χ4n) is 7.78. The third-order valence-corrected chi connectivity index (χ3v) is 10.5. The van der Waals surface area contributed by atoms with E-state index >= 15 is 0 Å². The first-order valence-electron chi connectivity index (χ1n) is 16.9. The maximum Gasteiger partial charge on any atom is 0.254 e. The number of carbonyl (C=O) groups excluding carboxylic acids is 4. The van der Waals surface area contributed by atoms with Crippen LogP contribution in [0.25, 0.3) is 0 Å². The lowest BCUT2D eigenvalue weighted by Crippen LogP contribution is -2.65. The van der Waals surface area contributed by atoms with E-state index < -0.39 is 54.3 Å². The third kappa shape index (κ3) is 7.63. The lowest BCUT2D eigenvalue weighted by Gasteiger charge is -2.45. The first-order valence-corrected chi connectivity index (χ1v) is 16.9. The zero-order chi connectivity index (χ0) is 33.1. The minimum Gasteiger partial charge on any atom is -0.388 e. The van der Waals surface area contributed by atoms with Crippen LogP contribution < -0.4 is 16.0 Å². The second-order valence-corrected chi connectivity index (χ2v) is 13.6. The van der Waals surface area contributed by atoms with Crippen LogP contribution in [0, 0.1) is 11.8 Å². The minimum atomic E-state index is -1.68. The van der Waals surface area contributed by atoms with Crippen LogP contribution in [0.4, 0.5) is 0 Å². The van der Waals surface area contributed by atoms with Gasteiger partial charge in [-0.05, 0) is 43.1 Å². The number of nitrogens with one attached hydrogen (secondary N) is 3. The summed E-state index contributed by atoms with van der Waals surface area (Å²) >= 11 is 0. The highest BCUT2D eigenvalue weighted by molar-refractivity contribution is 5.89. The van der Waals surface area contributed by atoms with Crippen molar-refractivity contribution in [3.8, 4) is 0 Å². The number of rotatable bonds is 6. The highest BCUT2D eigenvalue weighted by Gasteiger charge is 2.50. The van der Waals surface area contributed by atoms with Crippen molar-refractivity contribution in [1.29, 1.82) is 0 Å². The number of hydrogen-bond donors (Lipinski definition) is 6. The van der Waals surface area contributed by atoms with Crippen molar-refractivity contribution >= 4 is 23.6 Å². The van der Waals surface area contributed by atoms with E-state index in [4.69, 9.17) is 9.47 Å². The number of aliphatic hydroxyl groups excluding tert-OH is 3. The summed E-state index contributed by atoms with van der Waals surface area (Å²) in [5.74, 6) is -1.99. The Morgan fingerprint density at radius 1 is 0.957 bits per heavy atom. The maximum atomic E-state index is 14.1. The quantitative estimate of drug-likeness (QED) is 0.205. The van der Waals surface area contributed by atoms with E-state index in [-0.39, 0.29) is 62.3 Å². The molecule has 6 N–H and O–H groups in total. The second kappa shape index (κ2) is 15.0. The maximum absolute atomic E-state index is 14.1. The van der Waals surface area contributed by atoms with Crippen LogP contribution in [-0.4, -0.2) is 137 Å². The SMILES string of the molecule is O=C(C[C@@H]1CCN2C[C@@H]1CC(=O)N1CC[C@@H](NC3CCOCC3)[C@H]1C(=O)NC[C@@H]1O[C@H](C2=O)[C@H](O)[C@H](O)[C@H]1O)NCc1ccccc1. The van der Waals surface area contributed by atoms with Crippen LogP contribution in [0.5, 0.6) is 0 Å². The number of carbonyl (C=O) groups is 4. The molecule has 6 rings (SSSR count). The van der Waals surface area contributed by atoms with Crippen molar-refractivity contribution < 1.29 is 44.0 Å². The summed E-state index contributed by atoms with van der Waals surface area (Å²) in [5.41, 5.74) is 0.966. The first-order chi connectivity index (χ1) is 22.7. The average Bonchev–Trinajstić information content (AvgIpc) is 3.50. The topological polar surface area (TPSA) is 190 Å². The summed E-state index contributed by atoms with van der Waals surface area (Å²) in [6.07, 6.45) is -4.73. The van der Waals surface area contributed by atoms with E-state index in [1.165, 1.54) is 4.90 Å². The van der Waals surface area contributed by atoms with Gasteiger partial charge in [-0.15, -0.1) is 0 Å². The molecule has 4 bridgehead atoms. The normalized spacial score (nSPS) is 35.6. The Morgan fingerprint density at radius 2 is 1.72 bits per heavy atom. The fourth-order valence-corrected chi connectivity index (χ4v) is 7.78. The minimum absolute atomic E-state index is 0.0340. The van der Waals surface area contributed by atoms with Crippen LogP contribution in [0.15, 0.2) is 30.3 Å². The van der Waals surface area contributed by atoms with Crippen LogP contribution in [0.3, 0.4) is 0 Å². The molecule has 5 aliphatic heterocycles. The molecule has 47 heavy (non-hydrogen) atoms. The number of nitrogens with zero attached hydrogens (tertiary/aromatic N) is 2. The Hall–Kier alpha value is -3.14. The molecule has 0 aromatic heterocycles. The number of aliphatic hydroxyl groups is 3. The van der Waals surface area contributed by atoms with Crippen molar-refractivity contribution in [2.75, 3.05) is 39.4 Å². The molecule has 5 aliphatic rings. The van der Waals surface area contributed by atoms with Gasteiger partial charge in [0.25, 0.3) is 5.91 Å². The summed E-state index contributed by atoms with van der Waals surface area (Å²) in [7, 11) is 0. The van der Waals surface area contributed by atoms with Crippen LogP contribution >= 0.6 is 0 Å². The van der Waals surface area contributed by atoms with Gasteiger partial charge in [-0.3, -0.25) is 19.2 Å². The fraction of sp³-hybridized carbons (Fsp3) is 0.697. The van der Waals surface area contributed by atoms with E-state index in [1.54, 1.807) is 4.90 Å². The summed E-state index contributed by atoms with van der Waals surface area (Å²) in [6, 6.07) is 8.57. The van der Waals surface area contributed by atoms with Gasteiger partial charge in [-0.25, -0.2) is 0 Å². The monoisotopic (exact) mass is 657 g/mol. The van der Waals surface area contributed by atoms with Gasteiger partial charge in [-0.2, -0.15) is 0 Å². The lowest BCUT2D eigenvalue weighted by atomic mass is 9.80. The van der Waals surface area contributed by atoms with Gasteiger partial charge in [-0.1, -0.05) is 30.3 Å². The molecule has 9 atom stereocenters.